The van der Waals surface area contributed by atoms with Crippen molar-refractivity contribution < 1.29 is 9.21 Å². The Kier molecular flexibility index (Phi) is 3.24. The second kappa shape index (κ2) is 4.65. The third kappa shape index (κ3) is 2.61. The quantitative estimate of drug-likeness (QED) is 0.791. The normalized spacial score (nSPS) is 14.8. The highest BCUT2D eigenvalue weighted by Gasteiger charge is 2.33. The number of hydrogen-bond donors (Lipinski definition) is 1. The molecule has 0 radical (unpaired) electrons. The van der Waals surface area contributed by atoms with Crippen LogP contribution in [0, 0.1) is 0 Å². The number of nitrogens with two attached hydrogens (primary N) is 1. The lowest BCUT2D eigenvalue weighted by Gasteiger charge is -2.20. The molecular formula is C11H14N2O2S. The SMILES string of the molecule is NC(=S)CCN(C(=O)c1ccco1)C1CC1. The molecule has 16 heavy (non-hydrogen) atoms. The van der Waals surface area contributed by atoms with Gasteiger partial charge in [-0.05, 0) is 25.0 Å². The van der Waals surface area contributed by atoms with Crippen LogP contribution in [0.25, 0.3) is 0 Å². The van der Waals surface area contributed by atoms with E-state index < -0.39 is 0 Å². The van der Waals surface area contributed by atoms with E-state index >= 15 is 0 Å². The van der Waals surface area contributed by atoms with E-state index in [4.69, 9.17) is 22.4 Å². The number of carbonyl (C=O) groups excluding carboxylic acids is 1. The second-order valence-electron chi connectivity index (χ2n) is 3.92. The highest BCUT2D eigenvalue weighted by molar-refractivity contribution is 7.80. The lowest BCUT2D eigenvalue weighted by molar-refractivity contribution is 0.0716. The summed E-state index contributed by atoms with van der Waals surface area (Å²) in [5.41, 5.74) is 5.45. The molecule has 0 spiro atoms. The number of carbonyl (C=O) groups is 1. The maximum absolute atomic E-state index is 12.0. The highest BCUT2D eigenvalue weighted by Crippen LogP contribution is 2.28. The Labute approximate surface area is 99.4 Å². The predicted octanol–water partition coefficient (Wildman–Crippen LogP) is 1.56. The molecule has 1 aliphatic carbocycles. The van der Waals surface area contributed by atoms with E-state index in [1.54, 1.807) is 17.0 Å². The van der Waals surface area contributed by atoms with Crippen LogP contribution < -0.4 is 5.73 Å². The lowest BCUT2D eigenvalue weighted by Crippen LogP contribution is -2.35. The first-order chi connectivity index (χ1) is 7.68. The Bertz CT molecular complexity index is 385. The van der Waals surface area contributed by atoms with E-state index in [-0.39, 0.29) is 5.91 Å². The van der Waals surface area contributed by atoms with Gasteiger partial charge in [-0.1, -0.05) is 12.2 Å². The number of nitrogens with zero attached hydrogens (tertiary/aromatic N) is 1. The summed E-state index contributed by atoms with van der Waals surface area (Å²) in [6.45, 7) is 0.583. The summed E-state index contributed by atoms with van der Waals surface area (Å²) in [6.07, 6.45) is 4.19. The summed E-state index contributed by atoms with van der Waals surface area (Å²) in [5, 5.41) is 0. The molecule has 4 nitrogen and oxygen atoms in total. The molecule has 0 atom stereocenters. The van der Waals surface area contributed by atoms with Crippen LogP contribution in [0.15, 0.2) is 22.8 Å². The predicted molar refractivity (Wildman–Crippen MR) is 64.2 cm³/mol. The van der Waals surface area contributed by atoms with E-state index in [9.17, 15) is 4.79 Å². The topological polar surface area (TPSA) is 59.5 Å². The molecule has 0 unspecified atom stereocenters. The van der Waals surface area contributed by atoms with Crippen molar-refractivity contribution in [2.45, 2.75) is 25.3 Å². The van der Waals surface area contributed by atoms with Gasteiger partial charge < -0.3 is 15.1 Å². The standard InChI is InChI=1S/C11H14N2O2S/c12-10(16)5-6-13(8-3-4-8)11(14)9-2-1-7-15-9/h1-2,7-8H,3-6H2,(H2,12,16). The first-order valence-electron chi connectivity index (χ1n) is 5.31. The summed E-state index contributed by atoms with van der Waals surface area (Å²) < 4.78 is 5.11. The Morgan fingerprint density at radius 1 is 1.62 bits per heavy atom. The molecule has 1 aromatic rings. The van der Waals surface area contributed by atoms with E-state index in [1.807, 2.05) is 0 Å². The molecule has 2 rings (SSSR count). The zero-order valence-electron chi connectivity index (χ0n) is 8.89. The van der Waals surface area contributed by atoms with E-state index in [0.29, 0.717) is 29.8 Å². The van der Waals surface area contributed by atoms with Crippen molar-refractivity contribution in [3.05, 3.63) is 24.2 Å². The molecule has 1 fully saturated rings. The van der Waals surface area contributed by atoms with Gasteiger partial charge in [0.2, 0.25) is 0 Å². The molecule has 1 aromatic heterocycles. The Morgan fingerprint density at radius 2 is 2.38 bits per heavy atom. The van der Waals surface area contributed by atoms with Crippen LogP contribution in [-0.2, 0) is 0 Å². The number of thiocarbonyl (C=S) groups is 1. The van der Waals surface area contributed by atoms with Crippen LogP contribution in [0.4, 0.5) is 0 Å². The molecule has 1 aliphatic rings. The molecule has 0 bridgehead atoms. The maximum atomic E-state index is 12.0. The molecule has 0 aliphatic heterocycles. The number of amides is 1. The van der Waals surface area contributed by atoms with Crippen LogP contribution in [0.1, 0.15) is 29.8 Å². The van der Waals surface area contributed by atoms with Gasteiger partial charge >= 0.3 is 0 Å². The Balaban J connectivity index is 2.01. The van der Waals surface area contributed by atoms with Gasteiger partial charge in [0.1, 0.15) is 0 Å². The van der Waals surface area contributed by atoms with Crippen LogP contribution in [0.3, 0.4) is 0 Å². The molecule has 1 saturated carbocycles. The maximum Gasteiger partial charge on any atom is 0.289 e. The van der Waals surface area contributed by atoms with Crippen molar-refractivity contribution in [1.82, 2.24) is 4.90 Å². The summed E-state index contributed by atoms with van der Waals surface area (Å²) in [4.78, 5) is 14.3. The van der Waals surface area contributed by atoms with Gasteiger partial charge in [-0.15, -0.1) is 0 Å². The number of furan rings is 1. The monoisotopic (exact) mass is 238 g/mol. The van der Waals surface area contributed by atoms with Crippen LogP contribution in [0.2, 0.25) is 0 Å². The fourth-order valence-corrected chi connectivity index (χ4v) is 1.70. The van der Waals surface area contributed by atoms with Gasteiger partial charge in [0.25, 0.3) is 5.91 Å². The fourth-order valence-electron chi connectivity index (χ4n) is 1.61. The molecule has 2 N–H and O–H groups in total. The van der Waals surface area contributed by atoms with Crippen LogP contribution in [0.5, 0.6) is 0 Å². The first-order valence-corrected chi connectivity index (χ1v) is 5.72. The van der Waals surface area contributed by atoms with Crippen LogP contribution in [-0.4, -0.2) is 28.4 Å². The molecule has 5 heteroatoms. The Morgan fingerprint density at radius 3 is 2.88 bits per heavy atom. The van der Waals surface area contributed by atoms with Gasteiger partial charge in [0, 0.05) is 19.0 Å². The van der Waals surface area contributed by atoms with Gasteiger partial charge in [0.05, 0.1) is 11.3 Å². The van der Waals surface area contributed by atoms with E-state index in [0.717, 1.165) is 12.8 Å². The van der Waals surface area contributed by atoms with Gasteiger partial charge in [-0.25, -0.2) is 0 Å². The highest BCUT2D eigenvalue weighted by atomic mass is 32.1. The van der Waals surface area contributed by atoms with Crippen molar-refractivity contribution in [2.24, 2.45) is 5.73 Å². The molecular weight excluding hydrogens is 224 g/mol. The summed E-state index contributed by atoms with van der Waals surface area (Å²) in [6, 6.07) is 3.73. The third-order valence-electron chi connectivity index (χ3n) is 2.58. The lowest BCUT2D eigenvalue weighted by atomic mass is 10.3. The van der Waals surface area contributed by atoms with Gasteiger partial charge in [-0.2, -0.15) is 0 Å². The minimum Gasteiger partial charge on any atom is -0.459 e. The minimum atomic E-state index is -0.0660. The molecule has 1 heterocycles. The second-order valence-corrected chi connectivity index (χ2v) is 4.45. The van der Waals surface area contributed by atoms with Crippen molar-refractivity contribution in [3.63, 3.8) is 0 Å². The molecule has 86 valence electrons. The van der Waals surface area contributed by atoms with Crippen molar-refractivity contribution in [1.29, 1.82) is 0 Å². The number of rotatable bonds is 5. The van der Waals surface area contributed by atoms with E-state index in [1.165, 1.54) is 6.26 Å². The fraction of sp³-hybridized carbons (Fsp3) is 0.455. The zero-order valence-corrected chi connectivity index (χ0v) is 9.70. The van der Waals surface area contributed by atoms with E-state index in [2.05, 4.69) is 0 Å². The van der Waals surface area contributed by atoms with Crippen molar-refractivity contribution in [3.8, 4) is 0 Å². The molecule has 1 amide bonds. The largest absolute Gasteiger partial charge is 0.459 e. The minimum absolute atomic E-state index is 0.0660. The molecule has 0 aromatic carbocycles. The first kappa shape index (κ1) is 11.1. The van der Waals surface area contributed by atoms with Gasteiger partial charge in [0.15, 0.2) is 5.76 Å². The summed E-state index contributed by atoms with van der Waals surface area (Å²) in [5.74, 6) is 0.318. The molecule has 0 saturated heterocycles. The average molecular weight is 238 g/mol. The average Bonchev–Trinajstić information content (AvgIpc) is 2.93. The Hall–Kier alpha value is -1.36. The van der Waals surface area contributed by atoms with Gasteiger partial charge in [-0.3, -0.25) is 4.79 Å². The number of hydrogen-bond acceptors (Lipinski definition) is 3. The van der Waals surface area contributed by atoms with Crippen molar-refractivity contribution >= 4 is 23.1 Å². The summed E-state index contributed by atoms with van der Waals surface area (Å²) >= 11 is 4.82. The smallest absolute Gasteiger partial charge is 0.289 e. The third-order valence-corrected chi connectivity index (χ3v) is 2.78. The summed E-state index contributed by atoms with van der Waals surface area (Å²) in [7, 11) is 0. The van der Waals surface area contributed by atoms with Crippen molar-refractivity contribution in [2.75, 3.05) is 6.54 Å². The van der Waals surface area contributed by atoms with Crippen LogP contribution >= 0.6 is 12.2 Å². The zero-order chi connectivity index (χ0) is 11.5.